The van der Waals surface area contributed by atoms with Crippen molar-refractivity contribution in [2.75, 3.05) is 39.8 Å². The molecule has 0 aromatic carbocycles. The maximum atomic E-state index is 13.0. The molecule has 0 aromatic heterocycles. The van der Waals surface area contributed by atoms with E-state index in [0.29, 0.717) is 11.8 Å². The molecule has 22 heavy (non-hydrogen) atoms. The van der Waals surface area contributed by atoms with Crippen molar-refractivity contribution in [1.29, 1.82) is 0 Å². The predicted octanol–water partition coefficient (Wildman–Crippen LogP) is 2.34. The third kappa shape index (κ3) is 4.69. The summed E-state index contributed by atoms with van der Waals surface area (Å²) in [4.78, 5) is 17.6. The third-order valence-electron chi connectivity index (χ3n) is 5.40. The normalized spacial score (nSPS) is 23.0. The highest BCUT2D eigenvalue weighted by molar-refractivity contribution is 5.82. The second kappa shape index (κ2) is 8.88. The molecular formula is C18H35N3O. The minimum atomic E-state index is 0.106. The molecule has 2 saturated heterocycles. The van der Waals surface area contributed by atoms with Crippen LogP contribution in [0.15, 0.2) is 0 Å². The zero-order chi connectivity index (χ0) is 15.9. The van der Waals surface area contributed by atoms with Crippen LogP contribution in [-0.4, -0.2) is 61.5 Å². The first kappa shape index (κ1) is 17.7. The average molecular weight is 309 g/mol. The van der Waals surface area contributed by atoms with E-state index in [1.54, 1.807) is 0 Å². The number of piperidine rings is 2. The summed E-state index contributed by atoms with van der Waals surface area (Å²) in [5.41, 5.74) is 0. The first-order valence-corrected chi connectivity index (χ1v) is 9.31. The summed E-state index contributed by atoms with van der Waals surface area (Å²) in [6, 6.07) is 0.106. The molecule has 1 unspecified atom stereocenters. The number of likely N-dealkylation sites (tertiary alicyclic amines) is 2. The molecule has 128 valence electrons. The van der Waals surface area contributed by atoms with Gasteiger partial charge in [0.1, 0.15) is 0 Å². The fraction of sp³-hybridized carbons (Fsp3) is 0.944. The lowest BCUT2D eigenvalue weighted by atomic mass is 9.91. The maximum absolute atomic E-state index is 13.0. The molecule has 2 fully saturated rings. The monoisotopic (exact) mass is 309 g/mol. The Morgan fingerprint density at radius 2 is 1.73 bits per heavy atom. The predicted molar refractivity (Wildman–Crippen MR) is 91.9 cm³/mol. The van der Waals surface area contributed by atoms with Gasteiger partial charge in [0.2, 0.25) is 5.91 Å². The highest BCUT2D eigenvalue weighted by Gasteiger charge is 2.34. The fourth-order valence-corrected chi connectivity index (χ4v) is 4.04. The largest absolute Gasteiger partial charge is 0.341 e. The number of hydrogen-bond acceptors (Lipinski definition) is 3. The minimum Gasteiger partial charge on any atom is -0.341 e. The standard InChI is InChI=1S/C18H35N3O/c1-15(2)17(20-11-5-4-6-12-20)18(22)21-13-8-16(9-14-21)7-10-19-3/h15-17,19H,4-14H2,1-3H3. The van der Waals surface area contributed by atoms with Crippen molar-refractivity contribution < 1.29 is 4.79 Å². The van der Waals surface area contributed by atoms with Crippen molar-refractivity contribution in [3.8, 4) is 0 Å². The van der Waals surface area contributed by atoms with Gasteiger partial charge in [0.25, 0.3) is 0 Å². The van der Waals surface area contributed by atoms with Crippen molar-refractivity contribution in [2.45, 2.75) is 58.4 Å². The van der Waals surface area contributed by atoms with E-state index in [1.807, 2.05) is 7.05 Å². The van der Waals surface area contributed by atoms with Gasteiger partial charge < -0.3 is 10.2 Å². The van der Waals surface area contributed by atoms with Gasteiger partial charge in [-0.05, 0) is 70.6 Å². The quantitative estimate of drug-likeness (QED) is 0.818. The molecule has 0 aromatic rings. The van der Waals surface area contributed by atoms with E-state index in [9.17, 15) is 4.79 Å². The van der Waals surface area contributed by atoms with Gasteiger partial charge in [0.05, 0.1) is 6.04 Å². The molecule has 4 nitrogen and oxygen atoms in total. The molecule has 0 saturated carbocycles. The number of nitrogens with zero attached hydrogens (tertiary/aromatic N) is 2. The molecule has 4 heteroatoms. The van der Waals surface area contributed by atoms with Crippen LogP contribution < -0.4 is 5.32 Å². The number of rotatable bonds is 6. The van der Waals surface area contributed by atoms with E-state index in [2.05, 4.69) is 29.0 Å². The van der Waals surface area contributed by atoms with Crippen LogP contribution in [0.2, 0.25) is 0 Å². The average Bonchev–Trinajstić information content (AvgIpc) is 2.54. The van der Waals surface area contributed by atoms with E-state index in [0.717, 1.165) is 38.6 Å². The summed E-state index contributed by atoms with van der Waals surface area (Å²) in [5, 5.41) is 3.24. The zero-order valence-corrected chi connectivity index (χ0v) is 14.8. The summed E-state index contributed by atoms with van der Waals surface area (Å²) in [7, 11) is 2.02. The van der Waals surface area contributed by atoms with E-state index in [-0.39, 0.29) is 6.04 Å². The molecular weight excluding hydrogens is 274 g/mol. The van der Waals surface area contributed by atoms with E-state index in [4.69, 9.17) is 0 Å². The van der Waals surface area contributed by atoms with Gasteiger partial charge in [0.15, 0.2) is 0 Å². The lowest BCUT2D eigenvalue weighted by Crippen LogP contribution is -2.54. The highest BCUT2D eigenvalue weighted by atomic mass is 16.2. The van der Waals surface area contributed by atoms with Crippen LogP contribution in [0.4, 0.5) is 0 Å². The molecule has 2 heterocycles. The Balaban J connectivity index is 1.88. The van der Waals surface area contributed by atoms with E-state index in [1.165, 1.54) is 38.5 Å². The van der Waals surface area contributed by atoms with Crippen LogP contribution in [0.3, 0.4) is 0 Å². The minimum absolute atomic E-state index is 0.106. The van der Waals surface area contributed by atoms with Gasteiger partial charge in [-0.1, -0.05) is 20.3 Å². The smallest absolute Gasteiger partial charge is 0.240 e. The SMILES string of the molecule is CNCCC1CCN(C(=O)C(C(C)C)N2CCCCC2)CC1. The van der Waals surface area contributed by atoms with Gasteiger partial charge in [-0.2, -0.15) is 0 Å². The van der Waals surface area contributed by atoms with Crippen molar-refractivity contribution >= 4 is 5.91 Å². The van der Waals surface area contributed by atoms with Crippen LogP contribution >= 0.6 is 0 Å². The Labute approximate surface area is 136 Å². The number of amides is 1. The van der Waals surface area contributed by atoms with Gasteiger partial charge in [0, 0.05) is 13.1 Å². The topological polar surface area (TPSA) is 35.6 Å². The first-order valence-electron chi connectivity index (χ1n) is 9.31. The Hall–Kier alpha value is -0.610. The Bertz CT molecular complexity index is 331. The van der Waals surface area contributed by atoms with Crippen LogP contribution in [-0.2, 0) is 4.79 Å². The molecule has 2 aliphatic rings. The number of carbonyl (C=O) groups is 1. The van der Waals surface area contributed by atoms with Gasteiger partial charge in [-0.25, -0.2) is 0 Å². The number of nitrogens with one attached hydrogen (secondary N) is 1. The highest BCUT2D eigenvalue weighted by Crippen LogP contribution is 2.24. The van der Waals surface area contributed by atoms with E-state index >= 15 is 0 Å². The summed E-state index contributed by atoms with van der Waals surface area (Å²) in [5.74, 6) is 1.60. The van der Waals surface area contributed by atoms with Crippen LogP contribution in [0.25, 0.3) is 0 Å². The molecule has 2 rings (SSSR count). The van der Waals surface area contributed by atoms with Crippen LogP contribution in [0, 0.1) is 11.8 Å². The van der Waals surface area contributed by atoms with Gasteiger partial charge in [-0.3, -0.25) is 9.69 Å². The first-order chi connectivity index (χ1) is 10.6. The molecule has 0 aliphatic carbocycles. The lowest BCUT2D eigenvalue weighted by Gasteiger charge is -2.40. The zero-order valence-electron chi connectivity index (χ0n) is 14.8. The molecule has 1 amide bonds. The second-order valence-corrected chi connectivity index (χ2v) is 7.45. The van der Waals surface area contributed by atoms with Gasteiger partial charge >= 0.3 is 0 Å². The molecule has 1 atom stereocenters. The van der Waals surface area contributed by atoms with Crippen molar-refractivity contribution in [3.05, 3.63) is 0 Å². The maximum Gasteiger partial charge on any atom is 0.240 e. The number of carbonyl (C=O) groups excluding carboxylic acids is 1. The van der Waals surface area contributed by atoms with E-state index < -0.39 is 0 Å². The summed E-state index contributed by atoms with van der Waals surface area (Å²) in [6.07, 6.45) is 7.44. The van der Waals surface area contributed by atoms with Crippen molar-refractivity contribution in [2.24, 2.45) is 11.8 Å². The Kier molecular flexibility index (Phi) is 7.16. The summed E-state index contributed by atoms with van der Waals surface area (Å²) in [6.45, 7) is 9.64. The van der Waals surface area contributed by atoms with Crippen LogP contribution in [0.5, 0.6) is 0 Å². The fourth-order valence-electron chi connectivity index (χ4n) is 4.04. The molecule has 0 bridgehead atoms. The number of hydrogen-bond donors (Lipinski definition) is 1. The summed E-state index contributed by atoms with van der Waals surface area (Å²) < 4.78 is 0. The van der Waals surface area contributed by atoms with Gasteiger partial charge in [-0.15, -0.1) is 0 Å². The van der Waals surface area contributed by atoms with Crippen LogP contribution in [0.1, 0.15) is 52.4 Å². The molecule has 1 N–H and O–H groups in total. The molecule has 0 radical (unpaired) electrons. The Morgan fingerprint density at radius 1 is 1.09 bits per heavy atom. The molecule has 0 spiro atoms. The summed E-state index contributed by atoms with van der Waals surface area (Å²) >= 11 is 0. The van der Waals surface area contributed by atoms with Crippen molar-refractivity contribution in [3.63, 3.8) is 0 Å². The van der Waals surface area contributed by atoms with Crippen molar-refractivity contribution in [1.82, 2.24) is 15.1 Å². The third-order valence-corrected chi connectivity index (χ3v) is 5.40. The lowest BCUT2D eigenvalue weighted by molar-refractivity contribution is -0.140. The molecule has 2 aliphatic heterocycles. The second-order valence-electron chi connectivity index (χ2n) is 7.45. The Morgan fingerprint density at radius 3 is 2.27 bits per heavy atom.